The van der Waals surface area contributed by atoms with Gasteiger partial charge in [-0.2, -0.15) is 11.8 Å². The third-order valence-corrected chi connectivity index (χ3v) is 9.64. The number of alkyl halides is 2. The van der Waals surface area contributed by atoms with E-state index in [1.807, 2.05) is 30.8 Å². The van der Waals surface area contributed by atoms with Crippen molar-refractivity contribution < 1.29 is 22.8 Å². The lowest BCUT2D eigenvalue weighted by Gasteiger charge is -2.23. The van der Waals surface area contributed by atoms with Crippen molar-refractivity contribution in [2.75, 3.05) is 11.5 Å². The molecular formula is C31H37ClF2O3S. The fourth-order valence-corrected chi connectivity index (χ4v) is 7.38. The summed E-state index contributed by atoms with van der Waals surface area (Å²) in [7, 11) is 0. The van der Waals surface area contributed by atoms with E-state index >= 15 is 0 Å². The Morgan fingerprint density at radius 1 is 1.08 bits per heavy atom. The standard InChI is InChI=1S/C31H37ClF2O3S/c1-19-14-25-16-26(15-24(23-9-11-37-18-23)17-27(25)31(3,33)34)29(32)28(19)30(36)22-7-4-6-21(20(2)35)10-13-38-12-5-8-22/h9,11,14-15,17-19,21-22,26H,4-8,10,12-13,16H2,1-3H3. The largest absolute Gasteiger partial charge is 0.472 e. The van der Waals surface area contributed by atoms with Crippen molar-refractivity contribution in [3.8, 4) is 0 Å². The zero-order valence-corrected chi connectivity index (χ0v) is 24.0. The van der Waals surface area contributed by atoms with Crippen molar-refractivity contribution in [2.45, 2.75) is 71.6 Å². The lowest BCUT2D eigenvalue weighted by Crippen LogP contribution is -2.22. The highest BCUT2D eigenvalue weighted by Crippen LogP contribution is 2.46. The van der Waals surface area contributed by atoms with Gasteiger partial charge in [-0.05, 0) is 80.2 Å². The van der Waals surface area contributed by atoms with E-state index in [4.69, 9.17) is 16.0 Å². The van der Waals surface area contributed by atoms with E-state index in [0.29, 0.717) is 40.2 Å². The minimum atomic E-state index is -3.05. The van der Waals surface area contributed by atoms with E-state index < -0.39 is 5.92 Å². The smallest absolute Gasteiger partial charge is 0.270 e. The van der Waals surface area contributed by atoms with Crippen LogP contribution in [0.3, 0.4) is 0 Å². The van der Waals surface area contributed by atoms with Gasteiger partial charge >= 0.3 is 0 Å². The highest BCUT2D eigenvalue weighted by molar-refractivity contribution is 7.99. The van der Waals surface area contributed by atoms with Crippen molar-refractivity contribution in [3.63, 3.8) is 0 Å². The first kappa shape index (κ1) is 29.1. The van der Waals surface area contributed by atoms with E-state index in [1.54, 1.807) is 13.0 Å². The van der Waals surface area contributed by atoms with E-state index in [-0.39, 0.29) is 40.8 Å². The Morgan fingerprint density at radius 3 is 2.50 bits per heavy atom. The maximum atomic E-state index is 14.9. The summed E-state index contributed by atoms with van der Waals surface area (Å²) in [4.78, 5) is 26.2. The molecule has 4 atom stereocenters. The van der Waals surface area contributed by atoms with Crippen LogP contribution in [-0.2, 0) is 9.59 Å². The van der Waals surface area contributed by atoms with Gasteiger partial charge in [0.2, 0.25) is 0 Å². The second-order valence-electron chi connectivity index (χ2n) is 11.0. The van der Waals surface area contributed by atoms with Crippen LogP contribution in [0.2, 0.25) is 0 Å². The number of carbonyl (C=O) groups is 2. The van der Waals surface area contributed by atoms with E-state index in [1.165, 1.54) is 18.6 Å². The molecule has 2 bridgehead atoms. The van der Waals surface area contributed by atoms with Gasteiger partial charge < -0.3 is 4.42 Å². The number of hydrogen-bond acceptors (Lipinski definition) is 4. The summed E-state index contributed by atoms with van der Waals surface area (Å²) in [5, 5.41) is 0.453. The molecule has 0 radical (unpaired) electrons. The van der Waals surface area contributed by atoms with Gasteiger partial charge in [-0.3, -0.25) is 9.59 Å². The second-order valence-corrected chi connectivity index (χ2v) is 12.6. The quantitative estimate of drug-likeness (QED) is 0.360. The van der Waals surface area contributed by atoms with Crippen molar-refractivity contribution in [1.82, 2.24) is 0 Å². The first-order chi connectivity index (χ1) is 18.1. The van der Waals surface area contributed by atoms with E-state index in [0.717, 1.165) is 50.5 Å². The Hall–Kier alpha value is -1.92. The van der Waals surface area contributed by atoms with Crippen LogP contribution in [0, 0.1) is 23.7 Å². The average Bonchev–Trinajstić information content (AvgIpc) is 3.24. The molecule has 0 N–H and O–H groups in total. The normalized spacial score (nSPS) is 27.8. The third-order valence-electron chi connectivity index (χ3n) is 8.05. The van der Waals surface area contributed by atoms with Gasteiger partial charge in [0.25, 0.3) is 5.92 Å². The molecule has 4 rings (SSSR count). The lowest BCUT2D eigenvalue weighted by molar-refractivity contribution is -0.121. The van der Waals surface area contributed by atoms with Gasteiger partial charge in [0.1, 0.15) is 5.78 Å². The average molecular weight is 563 g/mol. The number of furan rings is 1. The molecule has 7 heteroatoms. The third kappa shape index (κ3) is 6.80. The predicted molar refractivity (Wildman–Crippen MR) is 151 cm³/mol. The van der Waals surface area contributed by atoms with Gasteiger partial charge in [-0.25, -0.2) is 8.78 Å². The van der Waals surface area contributed by atoms with Gasteiger partial charge in [0, 0.05) is 52.3 Å². The molecule has 206 valence electrons. The Morgan fingerprint density at radius 2 is 1.82 bits per heavy atom. The first-order valence-corrected chi connectivity index (χ1v) is 15.2. The van der Waals surface area contributed by atoms with Gasteiger partial charge in [0.05, 0.1) is 12.5 Å². The highest BCUT2D eigenvalue weighted by Gasteiger charge is 2.38. The monoisotopic (exact) mass is 562 g/mol. The SMILES string of the molecule is CC(=O)C1CCCC(C(=O)C2=C(Cl)C3C=C(c4ccoc4)C=C(C(C)(F)F)C(=CC2C)C3)CCCSCC1. The number of Topliss-reactive ketones (excluding diaryl/α,β-unsaturated/α-hetero) is 2. The minimum Gasteiger partial charge on any atom is -0.472 e. The molecule has 0 saturated carbocycles. The molecule has 1 aliphatic heterocycles. The molecule has 2 aliphatic carbocycles. The molecule has 0 spiro atoms. The Labute approximate surface area is 233 Å². The molecule has 3 aliphatic rings. The summed E-state index contributed by atoms with van der Waals surface area (Å²) in [6, 6.07) is 1.74. The molecule has 1 saturated heterocycles. The molecule has 4 unspecified atom stereocenters. The van der Waals surface area contributed by atoms with Crippen LogP contribution in [-0.4, -0.2) is 29.0 Å². The topological polar surface area (TPSA) is 47.3 Å². The number of carbonyl (C=O) groups excluding carboxylic acids is 2. The van der Waals surface area contributed by atoms with Crippen LogP contribution < -0.4 is 0 Å². The van der Waals surface area contributed by atoms with E-state index in [9.17, 15) is 18.4 Å². The molecule has 38 heavy (non-hydrogen) atoms. The fourth-order valence-electron chi connectivity index (χ4n) is 5.95. The van der Waals surface area contributed by atoms with Crippen LogP contribution in [0.5, 0.6) is 0 Å². The van der Waals surface area contributed by atoms with Crippen LogP contribution in [0.1, 0.15) is 71.3 Å². The summed E-state index contributed by atoms with van der Waals surface area (Å²) >= 11 is 8.89. The summed E-state index contributed by atoms with van der Waals surface area (Å²) in [6.07, 6.45) is 13.5. The Kier molecular flexibility index (Phi) is 9.57. The minimum absolute atomic E-state index is 0.0289. The number of ketones is 2. The van der Waals surface area contributed by atoms with Crippen LogP contribution >= 0.6 is 23.4 Å². The molecular weight excluding hydrogens is 526 g/mol. The van der Waals surface area contributed by atoms with Gasteiger partial charge in [0.15, 0.2) is 5.78 Å². The zero-order valence-electron chi connectivity index (χ0n) is 22.4. The van der Waals surface area contributed by atoms with Crippen molar-refractivity contribution in [3.05, 3.63) is 64.1 Å². The Bertz CT molecular complexity index is 1160. The lowest BCUT2D eigenvalue weighted by atomic mass is 9.82. The van der Waals surface area contributed by atoms with Crippen LogP contribution in [0.25, 0.3) is 5.57 Å². The maximum absolute atomic E-state index is 14.9. The molecule has 1 fully saturated rings. The zero-order chi connectivity index (χ0) is 27.4. The number of thioether (sulfide) groups is 1. The van der Waals surface area contributed by atoms with Crippen LogP contribution in [0.15, 0.2) is 63.0 Å². The molecule has 3 nitrogen and oxygen atoms in total. The first-order valence-electron chi connectivity index (χ1n) is 13.6. The molecule has 1 aromatic heterocycles. The second kappa shape index (κ2) is 12.5. The molecule has 0 aromatic carbocycles. The van der Waals surface area contributed by atoms with E-state index in [2.05, 4.69) is 0 Å². The fraction of sp³-hybridized carbons (Fsp3) is 0.548. The molecule has 0 amide bonds. The van der Waals surface area contributed by atoms with Gasteiger partial charge in [-0.15, -0.1) is 0 Å². The van der Waals surface area contributed by atoms with Crippen molar-refractivity contribution in [1.29, 1.82) is 0 Å². The summed E-state index contributed by atoms with van der Waals surface area (Å²) < 4.78 is 35.0. The van der Waals surface area contributed by atoms with Crippen molar-refractivity contribution in [2.24, 2.45) is 23.7 Å². The predicted octanol–water partition coefficient (Wildman–Crippen LogP) is 8.81. The summed E-state index contributed by atoms with van der Waals surface area (Å²) in [5.74, 6) is -1.76. The molecule has 2 heterocycles. The molecule has 1 aromatic rings. The summed E-state index contributed by atoms with van der Waals surface area (Å²) in [6.45, 7) is 4.47. The van der Waals surface area contributed by atoms with Gasteiger partial charge in [-0.1, -0.05) is 37.1 Å². The number of allylic oxidation sites excluding steroid dienone is 8. The van der Waals surface area contributed by atoms with Crippen molar-refractivity contribution >= 4 is 40.5 Å². The number of fused-ring (bicyclic) bond motifs is 2. The number of rotatable bonds is 5. The summed E-state index contributed by atoms with van der Waals surface area (Å²) in [5.41, 5.74) is 2.36. The number of halogens is 3. The van der Waals surface area contributed by atoms with Crippen LogP contribution in [0.4, 0.5) is 8.78 Å². The number of hydrogen-bond donors (Lipinski definition) is 0. The highest BCUT2D eigenvalue weighted by atomic mass is 35.5. The maximum Gasteiger partial charge on any atom is 0.270 e. The Balaban J connectivity index is 1.69.